The number of hydrogen-bond acceptors (Lipinski definition) is 5. The molecule has 144 valence electrons. The van der Waals surface area contributed by atoms with Gasteiger partial charge in [0.15, 0.2) is 11.5 Å². The molecule has 2 aromatic rings. The number of benzene rings is 1. The highest BCUT2D eigenvalue weighted by Crippen LogP contribution is 2.51. The fraction of sp³-hybridized carbons (Fsp3) is 0.381. The Kier molecular flexibility index (Phi) is 3.77. The van der Waals surface area contributed by atoms with E-state index in [0.29, 0.717) is 30.3 Å². The van der Waals surface area contributed by atoms with Crippen molar-refractivity contribution in [3.05, 3.63) is 53.6 Å². The largest absolute Gasteiger partial charge is 0.381 e. The van der Waals surface area contributed by atoms with Crippen molar-refractivity contribution in [3.8, 4) is 11.1 Å². The molecule has 3 aliphatic rings. The second kappa shape index (κ2) is 6.10. The first-order chi connectivity index (χ1) is 13.5. The molecule has 1 aromatic heterocycles. The standard InChI is InChI=1S/C21H21FN4O2/c1-26-19(27)21(25-20(26)23)16-10-12(15-3-2-7-24-18(15)22)4-5-13(16)9-14-6-8-28-11-17(14)21/h2-5,7,10,14,17H,6,8-9,11H2,1H3,(H2,23,25). The van der Waals surface area contributed by atoms with Crippen molar-refractivity contribution in [3.63, 3.8) is 0 Å². The van der Waals surface area contributed by atoms with Crippen molar-refractivity contribution in [2.24, 2.45) is 22.6 Å². The summed E-state index contributed by atoms with van der Waals surface area (Å²) < 4.78 is 20.0. The summed E-state index contributed by atoms with van der Waals surface area (Å²) in [4.78, 5) is 23.3. The maximum atomic E-state index is 14.3. The van der Waals surface area contributed by atoms with E-state index in [1.807, 2.05) is 18.2 Å². The van der Waals surface area contributed by atoms with E-state index in [4.69, 9.17) is 15.5 Å². The van der Waals surface area contributed by atoms with Crippen LogP contribution < -0.4 is 5.73 Å². The summed E-state index contributed by atoms with van der Waals surface area (Å²) in [5.41, 5.74) is 7.91. The van der Waals surface area contributed by atoms with Crippen LogP contribution in [-0.4, -0.2) is 42.0 Å². The second-order valence-corrected chi connectivity index (χ2v) is 7.75. The van der Waals surface area contributed by atoms with Gasteiger partial charge in [0.25, 0.3) is 5.91 Å². The third-order valence-corrected chi connectivity index (χ3v) is 6.37. The molecule has 0 saturated carbocycles. The predicted octanol–water partition coefficient (Wildman–Crippen LogP) is 2.08. The van der Waals surface area contributed by atoms with Gasteiger partial charge in [-0.15, -0.1) is 0 Å². The zero-order valence-corrected chi connectivity index (χ0v) is 15.6. The van der Waals surface area contributed by atoms with Gasteiger partial charge in [-0.3, -0.25) is 9.69 Å². The topological polar surface area (TPSA) is 80.8 Å². The number of guanidine groups is 1. The smallest absolute Gasteiger partial charge is 0.262 e. The van der Waals surface area contributed by atoms with Crippen molar-refractivity contribution in [2.45, 2.75) is 18.4 Å². The Bertz CT molecular complexity index is 1010. The number of aliphatic imine (C=N–C) groups is 1. The number of rotatable bonds is 1. The van der Waals surface area contributed by atoms with Crippen LogP contribution in [0.2, 0.25) is 0 Å². The van der Waals surface area contributed by atoms with Crippen LogP contribution in [0, 0.1) is 17.8 Å². The molecule has 1 amide bonds. The first-order valence-corrected chi connectivity index (χ1v) is 9.48. The Morgan fingerprint density at radius 1 is 1.36 bits per heavy atom. The minimum Gasteiger partial charge on any atom is -0.381 e. The number of halogens is 1. The van der Waals surface area contributed by atoms with Crippen LogP contribution in [0.15, 0.2) is 41.5 Å². The van der Waals surface area contributed by atoms with Gasteiger partial charge in [0.2, 0.25) is 5.95 Å². The number of ether oxygens (including phenoxy) is 1. The molecule has 3 unspecified atom stereocenters. The predicted molar refractivity (Wildman–Crippen MR) is 102 cm³/mol. The van der Waals surface area contributed by atoms with E-state index in [1.54, 1.807) is 19.2 Å². The molecule has 6 nitrogen and oxygen atoms in total. The molecule has 7 heteroatoms. The molecule has 3 atom stereocenters. The van der Waals surface area contributed by atoms with E-state index in [1.165, 1.54) is 11.1 Å². The lowest BCUT2D eigenvalue weighted by atomic mass is 9.62. The van der Waals surface area contributed by atoms with Crippen LogP contribution in [0.4, 0.5) is 4.39 Å². The van der Waals surface area contributed by atoms with Crippen molar-refractivity contribution in [1.82, 2.24) is 9.88 Å². The van der Waals surface area contributed by atoms with Crippen LogP contribution in [0.25, 0.3) is 11.1 Å². The average molecular weight is 380 g/mol. The van der Waals surface area contributed by atoms with Crippen LogP contribution >= 0.6 is 0 Å². The van der Waals surface area contributed by atoms with E-state index in [9.17, 15) is 9.18 Å². The van der Waals surface area contributed by atoms with Gasteiger partial charge < -0.3 is 10.5 Å². The van der Waals surface area contributed by atoms with Crippen LogP contribution in [0.5, 0.6) is 0 Å². The van der Waals surface area contributed by atoms with Crippen molar-refractivity contribution in [1.29, 1.82) is 0 Å². The number of aromatic nitrogens is 1. The SMILES string of the molecule is CN1C(=O)C2(N=C1N)c1cc(-c3cccnc3F)ccc1CC1CCOCC12. The van der Waals surface area contributed by atoms with Gasteiger partial charge in [-0.2, -0.15) is 4.39 Å². The number of nitrogens with two attached hydrogens (primary N) is 1. The number of amides is 1. The summed E-state index contributed by atoms with van der Waals surface area (Å²) in [6, 6.07) is 9.15. The second-order valence-electron chi connectivity index (χ2n) is 7.75. The number of hydrogen-bond donors (Lipinski definition) is 1. The molecule has 0 bridgehead atoms. The summed E-state index contributed by atoms with van der Waals surface area (Å²) in [5, 5.41) is 0. The van der Waals surface area contributed by atoms with E-state index in [-0.39, 0.29) is 17.8 Å². The number of fused-ring (bicyclic) bond motifs is 4. The third-order valence-electron chi connectivity index (χ3n) is 6.37. The minimum absolute atomic E-state index is 0.0845. The number of likely N-dealkylation sites (N-methyl/N-ethyl adjacent to an activating group) is 1. The molecular formula is C21H21FN4O2. The molecule has 2 aliphatic heterocycles. The first-order valence-electron chi connectivity index (χ1n) is 9.48. The summed E-state index contributed by atoms with van der Waals surface area (Å²) in [7, 11) is 1.65. The molecule has 2 N–H and O–H groups in total. The van der Waals surface area contributed by atoms with Crippen molar-refractivity contribution < 1.29 is 13.9 Å². The Hall–Kier alpha value is -2.80. The quantitative estimate of drug-likeness (QED) is 0.768. The highest BCUT2D eigenvalue weighted by molar-refractivity contribution is 6.07. The van der Waals surface area contributed by atoms with Gasteiger partial charge in [0.1, 0.15) is 0 Å². The normalized spacial score (nSPS) is 28.9. The lowest BCUT2D eigenvalue weighted by Crippen LogP contribution is -2.53. The molecule has 1 spiro atoms. The van der Waals surface area contributed by atoms with Gasteiger partial charge in [-0.1, -0.05) is 12.1 Å². The number of carbonyl (C=O) groups excluding carboxylic acids is 1. The average Bonchev–Trinajstić information content (AvgIpc) is 2.93. The van der Waals surface area contributed by atoms with Crippen LogP contribution in [0.1, 0.15) is 17.5 Å². The monoisotopic (exact) mass is 380 g/mol. The number of nitrogens with zero attached hydrogens (tertiary/aromatic N) is 3. The molecule has 1 saturated heterocycles. The fourth-order valence-corrected chi connectivity index (χ4v) is 4.93. The minimum atomic E-state index is -1.10. The Balaban J connectivity index is 1.74. The summed E-state index contributed by atoms with van der Waals surface area (Å²) in [6.07, 6.45) is 3.16. The van der Waals surface area contributed by atoms with Gasteiger partial charge >= 0.3 is 0 Å². The van der Waals surface area contributed by atoms with E-state index >= 15 is 0 Å². The maximum Gasteiger partial charge on any atom is 0.262 e. The van der Waals surface area contributed by atoms with Gasteiger partial charge in [0, 0.05) is 31.3 Å². The molecule has 1 aromatic carbocycles. The zero-order valence-electron chi connectivity index (χ0n) is 15.6. The summed E-state index contributed by atoms with van der Waals surface area (Å²) >= 11 is 0. The van der Waals surface area contributed by atoms with Crippen molar-refractivity contribution in [2.75, 3.05) is 20.3 Å². The Morgan fingerprint density at radius 2 is 2.21 bits per heavy atom. The highest BCUT2D eigenvalue weighted by Gasteiger charge is 2.59. The maximum absolute atomic E-state index is 14.3. The highest BCUT2D eigenvalue weighted by atomic mass is 19.1. The summed E-state index contributed by atoms with van der Waals surface area (Å²) in [6.45, 7) is 1.15. The third kappa shape index (κ3) is 2.26. The van der Waals surface area contributed by atoms with E-state index in [2.05, 4.69) is 4.98 Å². The molecule has 0 radical (unpaired) electrons. The van der Waals surface area contributed by atoms with Crippen molar-refractivity contribution >= 4 is 11.9 Å². The number of pyridine rings is 1. The van der Waals surface area contributed by atoms with E-state index in [0.717, 1.165) is 24.0 Å². The first kappa shape index (κ1) is 17.3. The molecule has 3 heterocycles. The van der Waals surface area contributed by atoms with Crippen LogP contribution in [0.3, 0.4) is 0 Å². The lowest BCUT2D eigenvalue weighted by Gasteiger charge is -2.46. The molecule has 1 aliphatic carbocycles. The Labute approximate surface area is 162 Å². The molecule has 28 heavy (non-hydrogen) atoms. The fourth-order valence-electron chi connectivity index (χ4n) is 4.93. The molecule has 1 fully saturated rings. The lowest BCUT2D eigenvalue weighted by molar-refractivity contribution is -0.137. The van der Waals surface area contributed by atoms with Crippen LogP contribution in [-0.2, 0) is 21.5 Å². The van der Waals surface area contributed by atoms with Gasteiger partial charge in [0.05, 0.1) is 6.61 Å². The summed E-state index contributed by atoms with van der Waals surface area (Å²) in [5.74, 6) is -0.257. The zero-order chi connectivity index (χ0) is 19.5. The number of carbonyl (C=O) groups is 1. The molecular weight excluding hydrogens is 359 g/mol. The Morgan fingerprint density at radius 3 is 2.96 bits per heavy atom. The molecule has 5 rings (SSSR count). The van der Waals surface area contributed by atoms with Gasteiger partial charge in [-0.25, -0.2) is 9.98 Å². The van der Waals surface area contributed by atoms with E-state index < -0.39 is 11.5 Å². The van der Waals surface area contributed by atoms with Gasteiger partial charge in [-0.05, 0) is 53.6 Å².